The maximum Gasteiger partial charge on any atom is 0.159 e. The Kier molecular flexibility index (Phi) is 8.03. The highest BCUT2D eigenvalue weighted by atomic mass is 16.3. The van der Waals surface area contributed by atoms with Crippen LogP contribution in [0.15, 0.2) is 239 Å². The molecular weight excluding hydrogens is 843 g/mol. The van der Waals surface area contributed by atoms with Crippen molar-refractivity contribution in [3.05, 3.63) is 241 Å². The lowest BCUT2D eigenvalue weighted by Crippen LogP contribution is -2.34. The zero-order valence-corrected chi connectivity index (χ0v) is 37.1. The minimum absolute atomic E-state index is 0.490. The molecule has 6 heteroatoms. The highest BCUT2D eigenvalue weighted by molar-refractivity contribution is 6.26. The smallest absolute Gasteiger partial charge is 0.159 e. The first-order valence-corrected chi connectivity index (χ1v) is 23.5. The monoisotopic (exact) mass is 881 g/mol. The van der Waals surface area contributed by atoms with Gasteiger partial charge in [-0.15, -0.1) is 0 Å². The van der Waals surface area contributed by atoms with Gasteiger partial charge in [-0.3, -0.25) is 0 Å². The Bertz CT molecular complexity index is 4530. The molecule has 15 rings (SSSR count). The Morgan fingerprint density at radius 2 is 1.04 bits per heavy atom. The first-order valence-electron chi connectivity index (χ1n) is 23.5. The Hall–Kier alpha value is -9.26. The van der Waals surface area contributed by atoms with Gasteiger partial charge >= 0.3 is 0 Å². The molecule has 0 radical (unpaired) electrons. The maximum absolute atomic E-state index is 7.20. The third kappa shape index (κ3) is 5.66. The number of para-hydroxylation sites is 3. The van der Waals surface area contributed by atoms with Crippen molar-refractivity contribution in [3.8, 4) is 11.4 Å². The van der Waals surface area contributed by atoms with Gasteiger partial charge in [-0.2, -0.15) is 0 Å². The van der Waals surface area contributed by atoms with Crippen LogP contribution in [0.1, 0.15) is 22.9 Å². The van der Waals surface area contributed by atoms with E-state index in [-0.39, 0.29) is 0 Å². The summed E-state index contributed by atoms with van der Waals surface area (Å²) in [6, 6.07) is 80.3. The van der Waals surface area contributed by atoms with Gasteiger partial charge in [0.05, 0.1) is 33.3 Å². The van der Waals surface area contributed by atoms with Crippen molar-refractivity contribution in [2.75, 3.05) is 0 Å². The van der Waals surface area contributed by atoms with E-state index in [9.17, 15) is 0 Å². The van der Waals surface area contributed by atoms with E-state index < -0.39 is 6.17 Å². The van der Waals surface area contributed by atoms with Crippen molar-refractivity contribution < 1.29 is 4.42 Å². The van der Waals surface area contributed by atoms with Crippen LogP contribution in [0.25, 0.3) is 109 Å². The molecule has 0 saturated heterocycles. The predicted molar refractivity (Wildman–Crippen MR) is 287 cm³/mol. The summed E-state index contributed by atoms with van der Waals surface area (Å²) in [6.07, 6.45) is -0.490. The van der Waals surface area contributed by atoms with E-state index in [2.05, 4.69) is 239 Å². The summed E-state index contributed by atoms with van der Waals surface area (Å²) < 4.78 is 12.0. The quantitative estimate of drug-likeness (QED) is 0.187. The molecule has 1 unspecified atom stereocenters. The summed E-state index contributed by atoms with van der Waals surface area (Å²) in [5.74, 6) is 1.32. The van der Waals surface area contributed by atoms with E-state index in [1.807, 2.05) is 0 Å². The number of benzene rings is 11. The van der Waals surface area contributed by atoms with Crippen molar-refractivity contribution in [1.82, 2.24) is 14.5 Å². The minimum atomic E-state index is -0.490. The van der Waals surface area contributed by atoms with Crippen molar-refractivity contribution >= 4 is 110 Å². The van der Waals surface area contributed by atoms with Gasteiger partial charge in [-0.25, -0.2) is 9.98 Å². The molecule has 11 aromatic carbocycles. The number of nitrogens with zero attached hydrogens (tertiary/aromatic N) is 4. The molecule has 1 aliphatic rings. The second kappa shape index (κ2) is 14.6. The van der Waals surface area contributed by atoms with E-state index in [4.69, 9.17) is 14.4 Å². The van der Waals surface area contributed by atoms with E-state index in [1.165, 1.54) is 26.9 Å². The summed E-state index contributed by atoms with van der Waals surface area (Å²) in [5, 5.41) is 17.7. The summed E-state index contributed by atoms with van der Waals surface area (Å²) in [5.41, 5.74) is 11.0. The predicted octanol–water partition coefficient (Wildman–Crippen LogP) is 15.7. The van der Waals surface area contributed by atoms with Crippen LogP contribution in [0.3, 0.4) is 0 Å². The normalized spacial score (nSPS) is 14.2. The van der Waals surface area contributed by atoms with Crippen molar-refractivity contribution in [1.29, 1.82) is 0 Å². The fraction of sp³-hybridized carbons (Fsp3) is 0.0159. The Morgan fingerprint density at radius 3 is 1.84 bits per heavy atom. The molecule has 3 aromatic heterocycles. The van der Waals surface area contributed by atoms with Crippen LogP contribution >= 0.6 is 0 Å². The Morgan fingerprint density at radius 1 is 0.420 bits per heavy atom. The minimum Gasteiger partial charge on any atom is -0.455 e. The van der Waals surface area contributed by atoms with Crippen molar-refractivity contribution in [2.45, 2.75) is 6.17 Å². The van der Waals surface area contributed by atoms with Gasteiger partial charge in [0.2, 0.25) is 0 Å². The van der Waals surface area contributed by atoms with Crippen LogP contribution < -0.4 is 5.32 Å². The van der Waals surface area contributed by atoms with Gasteiger partial charge in [-0.05, 0) is 105 Å². The van der Waals surface area contributed by atoms with Crippen molar-refractivity contribution in [3.63, 3.8) is 0 Å². The number of furan rings is 1. The molecule has 0 fully saturated rings. The number of fused-ring (bicyclic) bond motifs is 13. The van der Waals surface area contributed by atoms with Gasteiger partial charge in [0.15, 0.2) is 5.84 Å². The van der Waals surface area contributed by atoms with E-state index in [1.54, 1.807) is 0 Å². The Balaban J connectivity index is 1.04. The molecule has 0 spiro atoms. The maximum atomic E-state index is 7.20. The van der Waals surface area contributed by atoms with Gasteiger partial charge in [0, 0.05) is 49.1 Å². The number of hydrogen-bond acceptors (Lipinski definition) is 4. The molecule has 1 aliphatic heterocycles. The summed E-state index contributed by atoms with van der Waals surface area (Å²) in [6.45, 7) is 0. The number of rotatable bonds is 5. The molecule has 322 valence electrons. The number of hydrogen-bond donors (Lipinski definition) is 1. The standard InChI is InChI=1S/C63H39N5O/c1-2-20-43(21-3-1)67-52-27-12-10-24-46(52)50-36-42(29-32-54(50)67)61-64-62(48-26-14-19-38-15-6-8-22-44(38)48)66-63(65-61)59-55(33-31-49-58-45-23-9-7-16-39(45)30-34-57(58)69-60(49)59)68-53-28-13-11-25-47(53)51-35-40-17-4-5-18-41(40)37-56(51)68/h1-37,62H,(H,64,65,66). The SMILES string of the molecule is c1ccc(-n2c3ccccc3c3cc(C4=NC(c5cccc6ccccc56)NC(c5c(-n6c7ccccc7c7cc8ccccc8cc76)ccc6c5oc5ccc7ccccc7c56)=N4)ccc32)cc1. The fourth-order valence-corrected chi connectivity index (χ4v) is 11.3. The lowest BCUT2D eigenvalue weighted by atomic mass is 9.99. The molecule has 0 aliphatic carbocycles. The lowest BCUT2D eigenvalue weighted by Gasteiger charge is -2.26. The van der Waals surface area contributed by atoms with Gasteiger partial charge < -0.3 is 18.9 Å². The fourth-order valence-electron chi connectivity index (χ4n) is 11.3. The third-order valence-electron chi connectivity index (χ3n) is 14.3. The highest BCUT2D eigenvalue weighted by Gasteiger charge is 2.30. The van der Waals surface area contributed by atoms with Crippen LogP contribution in [-0.4, -0.2) is 20.8 Å². The van der Waals surface area contributed by atoms with E-state index in [0.717, 1.165) is 99.0 Å². The van der Waals surface area contributed by atoms with Crippen LogP contribution in [0.4, 0.5) is 0 Å². The largest absolute Gasteiger partial charge is 0.455 e. The summed E-state index contributed by atoms with van der Waals surface area (Å²) >= 11 is 0. The number of amidine groups is 2. The molecule has 6 nitrogen and oxygen atoms in total. The van der Waals surface area contributed by atoms with Gasteiger partial charge in [0.25, 0.3) is 0 Å². The highest BCUT2D eigenvalue weighted by Crippen LogP contribution is 2.43. The average molecular weight is 882 g/mol. The molecule has 14 aromatic rings. The zero-order valence-electron chi connectivity index (χ0n) is 37.1. The molecule has 0 amide bonds. The van der Waals surface area contributed by atoms with Gasteiger partial charge in [0.1, 0.15) is 23.2 Å². The van der Waals surface area contributed by atoms with Gasteiger partial charge in [-0.1, -0.05) is 152 Å². The number of nitrogens with one attached hydrogen (secondary N) is 1. The molecule has 1 N–H and O–H groups in total. The molecule has 0 saturated carbocycles. The van der Waals surface area contributed by atoms with Crippen LogP contribution in [-0.2, 0) is 0 Å². The first kappa shape index (κ1) is 37.9. The second-order valence-electron chi connectivity index (χ2n) is 18.1. The van der Waals surface area contributed by atoms with Crippen LogP contribution in [0.2, 0.25) is 0 Å². The molecule has 4 heterocycles. The zero-order chi connectivity index (χ0) is 45.2. The number of aliphatic imine (C=N–C) groups is 2. The first-order chi connectivity index (χ1) is 34.2. The molecule has 1 atom stereocenters. The number of aromatic nitrogens is 2. The van der Waals surface area contributed by atoms with Crippen LogP contribution in [0, 0.1) is 0 Å². The summed E-state index contributed by atoms with van der Waals surface area (Å²) in [7, 11) is 0. The summed E-state index contributed by atoms with van der Waals surface area (Å²) in [4.78, 5) is 11.2. The molecule has 0 bridgehead atoms. The third-order valence-corrected chi connectivity index (χ3v) is 14.3. The average Bonchev–Trinajstić information content (AvgIpc) is 4.07. The molecule has 69 heavy (non-hydrogen) atoms. The van der Waals surface area contributed by atoms with Crippen LogP contribution in [0.5, 0.6) is 0 Å². The topological polar surface area (TPSA) is 59.8 Å². The molecular formula is C63H39N5O. The second-order valence-corrected chi connectivity index (χ2v) is 18.1. The van der Waals surface area contributed by atoms with E-state index in [0.29, 0.717) is 11.7 Å². The van der Waals surface area contributed by atoms with Crippen molar-refractivity contribution in [2.24, 2.45) is 9.98 Å². The van der Waals surface area contributed by atoms with E-state index >= 15 is 0 Å². The Labute approximate surface area is 395 Å². The lowest BCUT2D eigenvalue weighted by molar-refractivity contribution is 0.661.